The van der Waals surface area contributed by atoms with Gasteiger partial charge in [-0.1, -0.05) is 26.0 Å². The third kappa shape index (κ3) is 1.77. The van der Waals surface area contributed by atoms with E-state index in [0.717, 1.165) is 25.7 Å². The molecule has 0 aromatic heterocycles. The Morgan fingerprint density at radius 3 is 2.71 bits per heavy atom. The Labute approximate surface area is 127 Å². The molecule has 0 saturated heterocycles. The highest BCUT2D eigenvalue weighted by atomic mass is 16.1. The second kappa shape index (κ2) is 4.30. The molecule has 0 spiro atoms. The summed E-state index contributed by atoms with van der Waals surface area (Å²) in [5.41, 5.74) is 0.305. The molecule has 3 saturated carbocycles. The highest BCUT2D eigenvalue weighted by molar-refractivity contribution is 5.87. The molecule has 0 aromatic rings. The smallest absolute Gasteiger partial charge is 0.136 e. The number of hydrogen-bond acceptors (Lipinski definition) is 2. The number of carbonyl (C=O) groups is 2. The molecule has 4 aliphatic rings. The first-order valence-electron chi connectivity index (χ1n) is 8.66. The van der Waals surface area contributed by atoms with Gasteiger partial charge in [0.2, 0.25) is 0 Å². The molecule has 6 atom stereocenters. The Kier molecular flexibility index (Phi) is 2.81. The summed E-state index contributed by atoms with van der Waals surface area (Å²) in [6.45, 7) is 4.65. The average molecular weight is 286 g/mol. The normalized spacial score (nSPS) is 52.3. The van der Waals surface area contributed by atoms with E-state index < -0.39 is 0 Å². The van der Waals surface area contributed by atoms with Crippen LogP contribution in [-0.2, 0) is 9.59 Å². The zero-order chi connectivity index (χ0) is 14.8. The van der Waals surface area contributed by atoms with E-state index in [1.807, 2.05) is 0 Å². The lowest BCUT2D eigenvalue weighted by molar-refractivity contribution is -0.146. The molecule has 0 radical (unpaired) electrons. The SMILES string of the molecule is C[C@]12CC[C@H]3[C@@H](C(=O)CC4CCC=C[C@@]43C)[C@@H]1CC(=O)C2. The molecule has 0 bridgehead atoms. The summed E-state index contributed by atoms with van der Waals surface area (Å²) in [7, 11) is 0. The van der Waals surface area contributed by atoms with E-state index in [9.17, 15) is 9.59 Å². The minimum Gasteiger partial charge on any atom is -0.300 e. The van der Waals surface area contributed by atoms with E-state index in [-0.39, 0.29) is 16.7 Å². The van der Waals surface area contributed by atoms with Crippen molar-refractivity contribution in [2.75, 3.05) is 0 Å². The number of carbonyl (C=O) groups excluding carboxylic acids is 2. The lowest BCUT2D eigenvalue weighted by Crippen LogP contribution is -2.54. The summed E-state index contributed by atoms with van der Waals surface area (Å²) in [5.74, 6) is 2.36. The molecule has 0 N–H and O–H groups in total. The molecule has 4 aliphatic carbocycles. The van der Waals surface area contributed by atoms with Crippen molar-refractivity contribution in [2.45, 2.75) is 58.8 Å². The average Bonchev–Trinajstić information content (AvgIpc) is 2.73. The minimum atomic E-state index is 0.107. The molecule has 3 fully saturated rings. The molecule has 0 amide bonds. The van der Waals surface area contributed by atoms with Crippen LogP contribution in [0, 0.1) is 34.5 Å². The van der Waals surface area contributed by atoms with Gasteiger partial charge in [-0.2, -0.15) is 0 Å². The number of Topliss-reactive ketones (excluding diaryl/α,β-unsaturated/α-hetero) is 2. The van der Waals surface area contributed by atoms with Crippen molar-refractivity contribution in [3.8, 4) is 0 Å². The van der Waals surface area contributed by atoms with Crippen LogP contribution in [0.2, 0.25) is 0 Å². The van der Waals surface area contributed by atoms with Crippen molar-refractivity contribution < 1.29 is 9.59 Å². The highest BCUT2D eigenvalue weighted by Crippen LogP contribution is 2.63. The number of hydrogen-bond donors (Lipinski definition) is 0. The third-order valence-electron chi connectivity index (χ3n) is 7.49. The summed E-state index contributed by atoms with van der Waals surface area (Å²) in [4.78, 5) is 24.9. The molecular weight excluding hydrogens is 260 g/mol. The topological polar surface area (TPSA) is 34.1 Å². The molecule has 0 heterocycles. The monoisotopic (exact) mass is 286 g/mol. The second-order valence-corrected chi connectivity index (χ2v) is 8.56. The zero-order valence-corrected chi connectivity index (χ0v) is 13.2. The lowest BCUT2D eigenvalue weighted by atomic mass is 9.46. The summed E-state index contributed by atoms with van der Waals surface area (Å²) in [5, 5.41) is 0. The quantitative estimate of drug-likeness (QED) is 0.632. The van der Waals surface area contributed by atoms with Gasteiger partial charge in [0.25, 0.3) is 0 Å². The van der Waals surface area contributed by atoms with Gasteiger partial charge in [-0.3, -0.25) is 9.59 Å². The van der Waals surface area contributed by atoms with Crippen molar-refractivity contribution >= 4 is 11.6 Å². The summed E-state index contributed by atoms with van der Waals surface area (Å²) < 4.78 is 0. The zero-order valence-electron chi connectivity index (χ0n) is 13.2. The van der Waals surface area contributed by atoms with Crippen LogP contribution in [0.25, 0.3) is 0 Å². The van der Waals surface area contributed by atoms with Gasteiger partial charge in [0.15, 0.2) is 0 Å². The maximum absolute atomic E-state index is 12.9. The number of fused-ring (bicyclic) bond motifs is 5. The Balaban J connectivity index is 1.75. The van der Waals surface area contributed by atoms with E-state index in [0.29, 0.717) is 42.2 Å². The maximum atomic E-state index is 12.9. The van der Waals surface area contributed by atoms with Crippen molar-refractivity contribution in [3.63, 3.8) is 0 Å². The Hall–Kier alpha value is -0.920. The Morgan fingerprint density at radius 2 is 1.90 bits per heavy atom. The number of ketones is 2. The van der Waals surface area contributed by atoms with Gasteiger partial charge in [-0.15, -0.1) is 0 Å². The number of rotatable bonds is 0. The Bertz CT molecular complexity index is 534. The van der Waals surface area contributed by atoms with E-state index in [4.69, 9.17) is 0 Å². The van der Waals surface area contributed by atoms with Gasteiger partial charge in [-0.25, -0.2) is 0 Å². The van der Waals surface area contributed by atoms with Gasteiger partial charge < -0.3 is 0 Å². The summed E-state index contributed by atoms with van der Waals surface area (Å²) >= 11 is 0. The molecule has 0 aliphatic heterocycles. The van der Waals surface area contributed by atoms with Crippen LogP contribution >= 0.6 is 0 Å². The van der Waals surface area contributed by atoms with Crippen LogP contribution in [0.3, 0.4) is 0 Å². The highest BCUT2D eigenvalue weighted by Gasteiger charge is 2.60. The first-order valence-corrected chi connectivity index (χ1v) is 8.66. The molecule has 4 rings (SSSR count). The molecule has 0 aromatic carbocycles. The first kappa shape index (κ1) is 13.7. The molecule has 114 valence electrons. The molecule has 21 heavy (non-hydrogen) atoms. The largest absolute Gasteiger partial charge is 0.300 e. The summed E-state index contributed by atoms with van der Waals surface area (Å²) in [6.07, 6.45) is 11.4. The standard InChI is InChI=1S/C19H26O2/c1-18-8-6-14-17(15(18)10-13(20)11-18)16(21)9-12-5-3-4-7-19(12,14)2/h4,7,12,14-15,17H,3,5-6,8-11H2,1-2H3/t12?,14-,15-,17+,18+,19-/m0/s1. The van der Waals surface area contributed by atoms with E-state index >= 15 is 0 Å². The fourth-order valence-corrected chi connectivity index (χ4v) is 6.28. The predicted octanol–water partition coefficient (Wildman–Crippen LogP) is 3.94. The van der Waals surface area contributed by atoms with Crippen molar-refractivity contribution in [2.24, 2.45) is 34.5 Å². The Morgan fingerprint density at radius 1 is 1.10 bits per heavy atom. The van der Waals surface area contributed by atoms with Crippen molar-refractivity contribution in [1.29, 1.82) is 0 Å². The van der Waals surface area contributed by atoms with E-state index in [2.05, 4.69) is 26.0 Å². The van der Waals surface area contributed by atoms with E-state index in [1.165, 1.54) is 6.42 Å². The fraction of sp³-hybridized carbons (Fsp3) is 0.789. The van der Waals surface area contributed by atoms with Gasteiger partial charge in [0.1, 0.15) is 11.6 Å². The van der Waals surface area contributed by atoms with Crippen molar-refractivity contribution in [3.05, 3.63) is 12.2 Å². The third-order valence-corrected chi connectivity index (χ3v) is 7.49. The van der Waals surface area contributed by atoms with E-state index in [1.54, 1.807) is 0 Å². The fourth-order valence-electron chi connectivity index (χ4n) is 6.28. The van der Waals surface area contributed by atoms with Crippen LogP contribution in [-0.4, -0.2) is 11.6 Å². The maximum Gasteiger partial charge on any atom is 0.136 e. The van der Waals surface area contributed by atoms with Gasteiger partial charge in [0.05, 0.1) is 0 Å². The molecule has 2 heteroatoms. The molecule has 2 nitrogen and oxygen atoms in total. The predicted molar refractivity (Wildman–Crippen MR) is 81.6 cm³/mol. The summed E-state index contributed by atoms with van der Waals surface area (Å²) in [6, 6.07) is 0. The van der Waals surface area contributed by atoms with Crippen LogP contribution < -0.4 is 0 Å². The van der Waals surface area contributed by atoms with Gasteiger partial charge in [-0.05, 0) is 54.3 Å². The van der Waals surface area contributed by atoms with Gasteiger partial charge >= 0.3 is 0 Å². The van der Waals surface area contributed by atoms with Crippen molar-refractivity contribution in [1.82, 2.24) is 0 Å². The minimum absolute atomic E-state index is 0.107. The molecular formula is C19H26O2. The molecule has 1 unspecified atom stereocenters. The van der Waals surface area contributed by atoms with Crippen LogP contribution in [0.5, 0.6) is 0 Å². The second-order valence-electron chi connectivity index (χ2n) is 8.56. The van der Waals surface area contributed by atoms with Crippen LogP contribution in [0.4, 0.5) is 0 Å². The van der Waals surface area contributed by atoms with Crippen LogP contribution in [0.15, 0.2) is 12.2 Å². The first-order chi connectivity index (χ1) is 9.94. The number of allylic oxidation sites excluding steroid dienone is 2. The van der Waals surface area contributed by atoms with Gasteiger partial charge in [0, 0.05) is 25.2 Å². The van der Waals surface area contributed by atoms with Crippen LogP contribution in [0.1, 0.15) is 58.8 Å². The lowest BCUT2D eigenvalue weighted by Gasteiger charge is -2.57.